The van der Waals surface area contributed by atoms with Gasteiger partial charge in [-0.05, 0) is 51.9 Å². The van der Waals surface area contributed by atoms with Crippen molar-refractivity contribution in [2.45, 2.75) is 64.9 Å². The fraction of sp³-hybridized carbons (Fsp3) is 0.800. The molecule has 2 aliphatic carbocycles. The minimum Gasteiger partial charge on any atom is -0.459 e. The summed E-state index contributed by atoms with van der Waals surface area (Å²) < 4.78 is 5.62. The Labute approximate surface area is 109 Å². The highest BCUT2D eigenvalue weighted by atomic mass is 16.6. The van der Waals surface area contributed by atoms with Crippen molar-refractivity contribution in [1.82, 2.24) is 0 Å². The molecule has 0 spiro atoms. The molecule has 0 aromatic carbocycles. The molecule has 2 bridgehead atoms. The average molecular weight is 251 g/mol. The van der Waals surface area contributed by atoms with E-state index in [0.29, 0.717) is 18.8 Å². The summed E-state index contributed by atoms with van der Waals surface area (Å²) >= 11 is 0. The molecule has 0 aliphatic heterocycles. The number of ketones is 1. The first-order chi connectivity index (χ1) is 8.37. The maximum Gasteiger partial charge on any atom is 0.312 e. The summed E-state index contributed by atoms with van der Waals surface area (Å²) in [6, 6.07) is 0. The van der Waals surface area contributed by atoms with Gasteiger partial charge in [-0.2, -0.15) is 0 Å². The largest absolute Gasteiger partial charge is 0.459 e. The Kier molecular flexibility index (Phi) is 3.52. The number of carbonyl (C=O) groups excluding carboxylic acids is 2. The van der Waals surface area contributed by atoms with E-state index in [2.05, 4.69) is 6.42 Å². The zero-order valence-corrected chi connectivity index (χ0v) is 11.6. The van der Waals surface area contributed by atoms with Gasteiger partial charge in [0.1, 0.15) is 11.4 Å². The summed E-state index contributed by atoms with van der Waals surface area (Å²) in [4.78, 5) is 23.8. The summed E-state index contributed by atoms with van der Waals surface area (Å²) in [6.45, 7) is 5.50. The fourth-order valence-corrected chi connectivity index (χ4v) is 3.22. The van der Waals surface area contributed by atoms with E-state index >= 15 is 0 Å². The zero-order chi connectivity index (χ0) is 13.4. The van der Waals surface area contributed by atoms with E-state index in [1.54, 1.807) is 0 Å². The smallest absolute Gasteiger partial charge is 0.312 e. The van der Waals surface area contributed by atoms with Crippen molar-refractivity contribution in [3.8, 4) is 0 Å². The highest BCUT2D eigenvalue weighted by Crippen LogP contribution is 2.54. The molecular formula is C15H23O3. The topological polar surface area (TPSA) is 43.4 Å². The van der Waals surface area contributed by atoms with Gasteiger partial charge in [0, 0.05) is 12.8 Å². The lowest BCUT2D eigenvalue weighted by Gasteiger charge is -2.31. The maximum atomic E-state index is 12.3. The number of ether oxygens (including phenoxy) is 1. The number of fused-ring (bicyclic) bond motifs is 2. The lowest BCUT2D eigenvalue weighted by molar-refractivity contribution is -0.167. The van der Waals surface area contributed by atoms with Crippen LogP contribution in [-0.2, 0) is 14.3 Å². The molecule has 3 heteroatoms. The number of hydrogen-bond donors (Lipinski definition) is 0. The van der Waals surface area contributed by atoms with Gasteiger partial charge in [-0.25, -0.2) is 0 Å². The lowest BCUT2D eigenvalue weighted by atomic mass is 9.84. The molecule has 2 atom stereocenters. The number of Topliss-reactive ketones (excluding diaryl/α,β-unsaturated/α-hetero) is 1. The second kappa shape index (κ2) is 4.67. The van der Waals surface area contributed by atoms with Crippen LogP contribution in [0.25, 0.3) is 0 Å². The van der Waals surface area contributed by atoms with Crippen molar-refractivity contribution < 1.29 is 14.3 Å². The van der Waals surface area contributed by atoms with Gasteiger partial charge in [0.2, 0.25) is 0 Å². The molecule has 0 aromatic rings. The summed E-state index contributed by atoms with van der Waals surface area (Å²) in [7, 11) is 0. The van der Waals surface area contributed by atoms with Gasteiger partial charge < -0.3 is 4.74 Å². The highest BCUT2D eigenvalue weighted by Gasteiger charge is 2.52. The van der Waals surface area contributed by atoms with Gasteiger partial charge >= 0.3 is 5.97 Å². The zero-order valence-electron chi connectivity index (χ0n) is 11.6. The molecule has 1 radical (unpaired) electrons. The van der Waals surface area contributed by atoms with Crippen molar-refractivity contribution in [2.75, 3.05) is 0 Å². The molecule has 18 heavy (non-hydrogen) atoms. The van der Waals surface area contributed by atoms with Crippen LogP contribution >= 0.6 is 0 Å². The van der Waals surface area contributed by atoms with Crippen molar-refractivity contribution in [3.63, 3.8) is 0 Å². The molecule has 2 rings (SSSR count). The van der Waals surface area contributed by atoms with Crippen molar-refractivity contribution in [1.29, 1.82) is 0 Å². The molecule has 2 aliphatic rings. The summed E-state index contributed by atoms with van der Waals surface area (Å²) in [6.07, 6.45) is 7.01. The predicted octanol–water partition coefficient (Wildman–Crippen LogP) is 3.07. The van der Waals surface area contributed by atoms with Gasteiger partial charge in [0.25, 0.3) is 0 Å². The summed E-state index contributed by atoms with van der Waals surface area (Å²) in [5.41, 5.74) is -1.01. The third-order valence-corrected chi connectivity index (χ3v) is 4.29. The van der Waals surface area contributed by atoms with Gasteiger partial charge in [0.15, 0.2) is 0 Å². The van der Waals surface area contributed by atoms with Crippen molar-refractivity contribution in [3.05, 3.63) is 6.42 Å². The first-order valence-corrected chi connectivity index (χ1v) is 6.96. The normalized spacial score (nSPS) is 30.5. The monoisotopic (exact) mass is 251 g/mol. The number of hydrogen-bond acceptors (Lipinski definition) is 3. The van der Waals surface area contributed by atoms with Gasteiger partial charge in [-0.1, -0.05) is 6.92 Å². The molecule has 2 saturated carbocycles. The molecule has 0 heterocycles. The van der Waals surface area contributed by atoms with E-state index in [9.17, 15) is 9.59 Å². The molecule has 3 nitrogen and oxygen atoms in total. The lowest BCUT2D eigenvalue weighted by Crippen LogP contribution is -2.38. The average Bonchev–Trinajstić information content (AvgIpc) is 2.88. The molecule has 2 unspecified atom stereocenters. The van der Waals surface area contributed by atoms with Gasteiger partial charge in [-0.15, -0.1) is 0 Å². The Bertz CT molecular complexity index is 349. The van der Waals surface area contributed by atoms with Crippen molar-refractivity contribution in [2.24, 2.45) is 11.3 Å². The first kappa shape index (κ1) is 13.6. The van der Waals surface area contributed by atoms with Gasteiger partial charge in [-0.3, -0.25) is 9.59 Å². The summed E-state index contributed by atoms with van der Waals surface area (Å²) in [5.74, 6) is 0.708. The van der Waals surface area contributed by atoms with E-state index in [-0.39, 0.29) is 17.2 Å². The van der Waals surface area contributed by atoms with E-state index in [4.69, 9.17) is 4.74 Å². The molecule has 0 aromatic heterocycles. The summed E-state index contributed by atoms with van der Waals surface area (Å²) in [5, 5.41) is 0. The second-order valence-corrected chi connectivity index (χ2v) is 6.42. The second-order valence-electron chi connectivity index (χ2n) is 6.42. The Morgan fingerprint density at radius 1 is 1.44 bits per heavy atom. The quantitative estimate of drug-likeness (QED) is 0.705. The Hall–Kier alpha value is -0.860. The predicted molar refractivity (Wildman–Crippen MR) is 68.8 cm³/mol. The van der Waals surface area contributed by atoms with Crippen LogP contribution in [0, 0.1) is 17.8 Å². The minimum absolute atomic E-state index is 0.114. The van der Waals surface area contributed by atoms with E-state index in [1.807, 2.05) is 20.8 Å². The van der Waals surface area contributed by atoms with E-state index < -0.39 is 5.60 Å². The standard InChI is InChI=1S/C15H23O3/c1-4-12(16)10-14(2,3)18-13(17)15-7-5-11(9-15)6-8-15/h7,11H,4-6,8-10H2,1-3H3. The van der Waals surface area contributed by atoms with Crippen LogP contribution in [0.2, 0.25) is 0 Å². The molecule has 0 saturated heterocycles. The minimum atomic E-state index is -0.673. The Morgan fingerprint density at radius 2 is 2.17 bits per heavy atom. The molecule has 101 valence electrons. The molecular weight excluding hydrogens is 228 g/mol. The fourth-order valence-electron chi connectivity index (χ4n) is 3.22. The van der Waals surface area contributed by atoms with Crippen LogP contribution in [0.4, 0.5) is 0 Å². The third kappa shape index (κ3) is 2.60. The Morgan fingerprint density at radius 3 is 2.61 bits per heavy atom. The van der Waals surface area contributed by atoms with Gasteiger partial charge in [0.05, 0.1) is 5.41 Å². The van der Waals surface area contributed by atoms with E-state index in [1.165, 1.54) is 0 Å². The van der Waals surface area contributed by atoms with Crippen LogP contribution in [0.15, 0.2) is 0 Å². The molecule has 2 fully saturated rings. The SMILES string of the molecule is CCC(=O)CC(C)(C)OC(=O)C12[CH]CC(CC1)C2. The molecule has 0 N–H and O–H groups in total. The van der Waals surface area contributed by atoms with E-state index in [0.717, 1.165) is 25.7 Å². The van der Waals surface area contributed by atoms with Crippen LogP contribution < -0.4 is 0 Å². The maximum absolute atomic E-state index is 12.3. The number of esters is 1. The first-order valence-electron chi connectivity index (χ1n) is 6.96. The van der Waals surface area contributed by atoms with Crippen LogP contribution in [0.1, 0.15) is 59.3 Å². The van der Waals surface area contributed by atoms with Crippen LogP contribution in [0.3, 0.4) is 0 Å². The van der Waals surface area contributed by atoms with Crippen LogP contribution in [-0.4, -0.2) is 17.4 Å². The Balaban J connectivity index is 1.96. The third-order valence-electron chi connectivity index (χ3n) is 4.29. The number of carbonyl (C=O) groups is 2. The molecule has 0 amide bonds. The van der Waals surface area contributed by atoms with Crippen LogP contribution in [0.5, 0.6) is 0 Å². The highest BCUT2D eigenvalue weighted by molar-refractivity contribution is 5.82. The van der Waals surface area contributed by atoms with Crippen molar-refractivity contribution >= 4 is 11.8 Å². The number of rotatable bonds is 5.